The van der Waals surface area contributed by atoms with E-state index in [0.717, 1.165) is 46.3 Å². The smallest absolute Gasteiger partial charge is 0.406 e. The van der Waals surface area contributed by atoms with Crippen LogP contribution in [0.2, 0.25) is 0 Å². The van der Waals surface area contributed by atoms with E-state index in [1.807, 2.05) is 6.07 Å². The molecule has 1 aliphatic rings. The van der Waals surface area contributed by atoms with Crippen LogP contribution in [0.5, 0.6) is 0 Å². The van der Waals surface area contributed by atoms with Crippen molar-refractivity contribution in [1.82, 2.24) is 30.6 Å². The second-order valence-corrected chi connectivity index (χ2v) is 14.4. The standard InChI is InChI=1S/C36H38N6O6P2/c1-47-35(45)37-15-3-5-31(43)49-33-39-20-30(42-33)25-10-13-27-24(18-25)8-7-23-17-21(9-12-26(23)27)22-11-14-28-29(19-22)41-34(40-28)50-32(44)6-4-16-38-36(46)48-2/h9-14,17-20,49-50H,3-8,15-16H2,1-2H3,(H,37,45)(H,38,46)(H,39,42)(H,40,41). The zero-order valence-electron chi connectivity index (χ0n) is 27.8. The Labute approximate surface area is 292 Å². The molecule has 5 aromatic rings. The number of alkyl carbamates (subject to hydrolysis) is 2. The zero-order chi connectivity index (χ0) is 35.0. The minimum absolute atomic E-state index is 0.0701. The predicted octanol–water partition coefficient (Wildman–Crippen LogP) is 5.32. The molecule has 2 unspecified atom stereocenters. The molecular formula is C36H38N6O6P2. The van der Waals surface area contributed by atoms with Crippen LogP contribution in [0, 0.1) is 0 Å². The Hall–Kier alpha value is -4.92. The summed E-state index contributed by atoms with van der Waals surface area (Å²) in [5.74, 6) is 0. The first-order chi connectivity index (χ1) is 24.3. The molecule has 1 aliphatic carbocycles. The van der Waals surface area contributed by atoms with E-state index in [9.17, 15) is 19.2 Å². The summed E-state index contributed by atoms with van der Waals surface area (Å²) in [5, 5.41) is 5.17. The molecule has 2 heterocycles. The largest absolute Gasteiger partial charge is 0.453 e. The molecule has 50 heavy (non-hydrogen) atoms. The summed E-state index contributed by atoms with van der Waals surface area (Å²) in [5.41, 5.74) is 12.3. The van der Waals surface area contributed by atoms with Gasteiger partial charge in [0.05, 0.1) is 37.1 Å². The molecule has 4 N–H and O–H groups in total. The first-order valence-electron chi connectivity index (χ1n) is 16.3. The van der Waals surface area contributed by atoms with Crippen molar-refractivity contribution in [3.63, 3.8) is 0 Å². The van der Waals surface area contributed by atoms with Gasteiger partial charge in [-0.3, -0.25) is 9.59 Å². The maximum absolute atomic E-state index is 12.5. The normalized spacial score (nSPS) is 12.3. The number of carbonyl (C=O) groups is 4. The molecule has 0 radical (unpaired) electrons. The second kappa shape index (κ2) is 16.2. The molecule has 0 aliphatic heterocycles. The van der Waals surface area contributed by atoms with E-state index in [0.29, 0.717) is 49.9 Å². The molecule has 0 spiro atoms. The number of aryl methyl sites for hydroxylation is 2. The number of carbonyl (C=O) groups excluding carboxylic acids is 4. The van der Waals surface area contributed by atoms with Gasteiger partial charge in [0.2, 0.25) is 0 Å². The molecular weight excluding hydrogens is 674 g/mol. The second-order valence-electron chi connectivity index (χ2n) is 11.8. The molecule has 0 fully saturated rings. The number of imidazole rings is 2. The topological polar surface area (TPSA) is 168 Å². The van der Waals surface area contributed by atoms with Crippen molar-refractivity contribution < 1.29 is 28.7 Å². The molecule has 0 saturated carbocycles. The lowest BCUT2D eigenvalue weighted by atomic mass is 9.83. The van der Waals surface area contributed by atoms with Crippen LogP contribution >= 0.6 is 17.2 Å². The van der Waals surface area contributed by atoms with Crippen LogP contribution in [-0.2, 0) is 31.9 Å². The molecule has 2 atom stereocenters. The van der Waals surface area contributed by atoms with Crippen molar-refractivity contribution >= 4 is 62.6 Å². The average molecular weight is 713 g/mol. The van der Waals surface area contributed by atoms with Crippen LogP contribution in [0.15, 0.2) is 60.8 Å². The highest BCUT2D eigenvalue weighted by molar-refractivity contribution is 7.65. The van der Waals surface area contributed by atoms with Gasteiger partial charge >= 0.3 is 12.2 Å². The first kappa shape index (κ1) is 34.9. The quantitative estimate of drug-likeness (QED) is 0.0887. The van der Waals surface area contributed by atoms with E-state index in [1.165, 1.54) is 36.5 Å². The molecule has 3 aromatic carbocycles. The van der Waals surface area contributed by atoms with Crippen LogP contribution in [0.3, 0.4) is 0 Å². The van der Waals surface area contributed by atoms with Crippen molar-refractivity contribution in [3.8, 4) is 33.5 Å². The van der Waals surface area contributed by atoms with Gasteiger partial charge in [-0.2, -0.15) is 0 Å². The third-order valence-electron chi connectivity index (χ3n) is 8.45. The van der Waals surface area contributed by atoms with E-state index < -0.39 is 12.2 Å². The minimum atomic E-state index is -0.499. The number of fused-ring (bicyclic) bond motifs is 4. The number of benzene rings is 3. The number of aromatic amines is 2. The summed E-state index contributed by atoms with van der Waals surface area (Å²) in [6.45, 7) is 0.777. The number of aromatic nitrogens is 4. The van der Waals surface area contributed by atoms with Gasteiger partial charge in [-0.15, -0.1) is 0 Å². The molecule has 0 saturated heterocycles. The van der Waals surface area contributed by atoms with Crippen LogP contribution in [0.25, 0.3) is 44.5 Å². The molecule has 258 valence electrons. The fourth-order valence-corrected chi connectivity index (χ4v) is 7.77. The highest BCUT2D eigenvalue weighted by Gasteiger charge is 2.19. The van der Waals surface area contributed by atoms with Crippen LogP contribution < -0.4 is 21.8 Å². The summed E-state index contributed by atoms with van der Waals surface area (Å²) in [4.78, 5) is 63.0. The van der Waals surface area contributed by atoms with Crippen LogP contribution in [-0.4, -0.2) is 70.5 Å². The lowest BCUT2D eigenvalue weighted by molar-refractivity contribution is -0.112. The van der Waals surface area contributed by atoms with Crippen LogP contribution in [0.1, 0.15) is 36.8 Å². The van der Waals surface area contributed by atoms with Gasteiger partial charge < -0.3 is 30.1 Å². The number of hydrogen-bond donors (Lipinski definition) is 4. The van der Waals surface area contributed by atoms with Crippen LogP contribution in [0.4, 0.5) is 9.59 Å². The van der Waals surface area contributed by atoms with Gasteiger partial charge in [0.25, 0.3) is 0 Å². The highest BCUT2D eigenvalue weighted by atomic mass is 31.1. The number of hydrogen-bond acceptors (Lipinski definition) is 8. The van der Waals surface area contributed by atoms with Crippen molar-refractivity contribution in [2.24, 2.45) is 0 Å². The number of nitrogens with zero attached hydrogens (tertiary/aromatic N) is 2. The van der Waals surface area contributed by atoms with Crippen molar-refractivity contribution in [2.45, 2.75) is 38.5 Å². The van der Waals surface area contributed by atoms with Gasteiger partial charge in [-0.1, -0.05) is 36.4 Å². The monoisotopic (exact) mass is 712 g/mol. The van der Waals surface area contributed by atoms with Gasteiger partial charge in [0.15, 0.2) is 11.0 Å². The lowest BCUT2D eigenvalue weighted by Crippen LogP contribution is -2.24. The summed E-state index contributed by atoms with van der Waals surface area (Å²) in [6.07, 6.45) is 4.44. The van der Waals surface area contributed by atoms with Gasteiger partial charge in [0.1, 0.15) is 11.1 Å². The molecule has 0 bridgehead atoms. The fraction of sp³-hybridized carbons (Fsp3) is 0.278. The Balaban J connectivity index is 1.08. The third kappa shape index (κ3) is 8.62. The number of rotatable bonds is 14. The third-order valence-corrected chi connectivity index (χ3v) is 10.5. The van der Waals surface area contributed by atoms with Crippen molar-refractivity contribution in [2.75, 3.05) is 27.3 Å². The van der Waals surface area contributed by atoms with E-state index in [1.54, 1.807) is 6.20 Å². The van der Waals surface area contributed by atoms with E-state index >= 15 is 0 Å². The minimum Gasteiger partial charge on any atom is -0.453 e. The van der Waals surface area contributed by atoms with Gasteiger partial charge in [0, 0.05) is 43.1 Å². The zero-order valence-corrected chi connectivity index (χ0v) is 29.8. The summed E-state index contributed by atoms with van der Waals surface area (Å²) >= 11 is 0. The molecule has 14 heteroatoms. The van der Waals surface area contributed by atoms with Gasteiger partial charge in [-0.25, -0.2) is 19.6 Å². The highest BCUT2D eigenvalue weighted by Crippen LogP contribution is 2.38. The maximum Gasteiger partial charge on any atom is 0.406 e. The van der Waals surface area contributed by atoms with E-state index in [2.05, 4.69) is 88.6 Å². The number of ether oxygens (including phenoxy) is 2. The fourth-order valence-electron chi connectivity index (χ4n) is 5.94. The number of nitrogens with one attached hydrogen (secondary N) is 4. The number of amides is 2. The molecule has 6 rings (SSSR count). The summed E-state index contributed by atoms with van der Waals surface area (Å²) < 4.78 is 9.08. The molecule has 12 nitrogen and oxygen atoms in total. The van der Waals surface area contributed by atoms with Crippen molar-refractivity contribution in [1.29, 1.82) is 0 Å². The SMILES string of the molecule is COC(=O)NCCCC(=O)Pc1ncc(-c2ccc3c(c2)CCc2cc(-c4ccc5nc(PC(=O)CCCNC(=O)OC)[nH]c5c4)ccc2-3)[nH]1. The average Bonchev–Trinajstić information content (AvgIpc) is 3.77. The Morgan fingerprint density at radius 1 is 0.720 bits per heavy atom. The first-order valence-corrected chi connectivity index (χ1v) is 18.3. The summed E-state index contributed by atoms with van der Waals surface area (Å²) in [7, 11) is 2.47. The predicted molar refractivity (Wildman–Crippen MR) is 197 cm³/mol. The van der Waals surface area contributed by atoms with E-state index in [-0.39, 0.29) is 28.2 Å². The van der Waals surface area contributed by atoms with Crippen molar-refractivity contribution in [3.05, 3.63) is 71.9 Å². The van der Waals surface area contributed by atoms with Gasteiger partial charge in [-0.05, 0) is 82.8 Å². The van der Waals surface area contributed by atoms with E-state index in [4.69, 9.17) is 0 Å². The Kier molecular flexibility index (Phi) is 11.3. The summed E-state index contributed by atoms with van der Waals surface area (Å²) in [6, 6.07) is 19.2. The Morgan fingerprint density at radius 3 is 1.92 bits per heavy atom. The Morgan fingerprint density at radius 2 is 1.28 bits per heavy atom. The Bertz CT molecular complexity index is 2060. The number of H-pyrrole nitrogens is 2. The lowest BCUT2D eigenvalue weighted by Gasteiger charge is -2.21. The molecule has 2 aromatic heterocycles. The molecule has 2 amide bonds. The maximum atomic E-state index is 12.5. The number of methoxy groups -OCH3 is 2.